The van der Waals surface area contributed by atoms with Crippen LogP contribution in [0.5, 0.6) is 0 Å². The van der Waals surface area contributed by atoms with Crippen LogP contribution < -0.4 is 11.3 Å². The molecule has 0 spiro atoms. The average molecular weight is 487 g/mol. The minimum absolute atomic E-state index is 0.00365. The summed E-state index contributed by atoms with van der Waals surface area (Å²) in [6.45, 7) is 4.59. The number of aliphatic carboxylic acids is 1. The van der Waals surface area contributed by atoms with Gasteiger partial charge in [-0.25, -0.2) is 9.97 Å². The molecule has 0 radical (unpaired) electrons. The van der Waals surface area contributed by atoms with Gasteiger partial charge in [0.25, 0.3) is 5.56 Å². The predicted molar refractivity (Wildman–Crippen MR) is 139 cm³/mol. The Morgan fingerprint density at radius 3 is 2.53 bits per heavy atom. The molecule has 4 N–H and O–H groups in total. The molecule has 0 amide bonds. The van der Waals surface area contributed by atoms with Crippen LogP contribution in [-0.2, 0) is 31.2 Å². The lowest BCUT2D eigenvalue weighted by molar-refractivity contribution is -0.137. The standard InChI is InChI=1S/C27H30N6O3/c1-16(2)12-23-25(30-15-33(23)11-10-24(34)35)19-8-9-22-20(14-19)31-21(27(36)32(22)3)13-17-4-6-18(7-5-17)26(28)29/h4-9,14-16H,10-13H2,1-3H3,(H3,28,29)(H,34,35). The van der Waals surface area contributed by atoms with Crippen molar-refractivity contribution in [2.45, 2.75) is 39.7 Å². The predicted octanol–water partition coefficient (Wildman–Crippen LogP) is 3.35. The molecule has 0 bridgehead atoms. The Balaban J connectivity index is 1.74. The maximum Gasteiger partial charge on any atom is 0.305 e. The van der Waals surface area contributed by atoms with E-state index >= 15 is 0 Å². The van der Waals surface area contributed by atoms with Gasteiger partial charge in [-0.2, -0.15) is 0 Å². The normalized spacial score (nSPS) is 11.3. The molecular formula is C27H30N6O3. The number of aromatic nitrogens is 4. The van der Waals surface area contributed by atoms with Gasteiger partial charge in [-0.15, -0.1) is 0 Å². The first kappa shape index (κ1) is 24.8. The maximum absolute atomic E-state index is 13.0. The number of fused-ring (bicyclic) bond motifs is 1. The van der Waals surface area contributed by atoms with Crippen molar-refractivity contribution in [3.63, 3.8) is 0 Å². The largest absolute Gasteiger partial charge is 0.481 e. The molecule has 0 aliphatic heterocycles. The number of nitrogens with two attached hydrogens (primary N) is 1. The van der Waals surface area contributed by atoms with Crippen LogP contribution in [-0.4, -0.2) is 36.0 Å². The van der Waals surface area contributed by atoms with Crippen molar-refractivity contribution in [2.24, 2.45) is 18.7 Å². The molecule has 9 nitrogen and oxygen atoms in total. The number of benzene rings is 2. The Hall–Kier alpha value is -4.27. The van der Waals surface area contributed by atoms with Crippen LogP contribution in [0.25, 0.3) is 22.3 Å². The highest BCUT2D eigenvalue weighted by molar-refractivity contribution is 5.94. The summed E-state index contributed by atoms with van der Waals surface area (Å²) in [4.78, 5) is 33.5. The summed E-state index contributed by atoms with van der Waals surface area (Å²) in [5.41, 5.74) is 11.4. The molecule has 2 heterocycles. The number of carbonyl (C=O) groups is 1. The summed E-state index contributed by atoms with van der Waals surface area (Å²) in [5, 5.41) is 16.7. The fourth-order valence-electron chi connectivity index (χ4n) is 4.31. The zero-order valence-electron chi connectivity index (χ0n) is 20.7. The highest BCUT2D eigenvalue weighted by Crippen LogP contribution is 2.27. The Bertz CT molecular complexity index is 1500. The number of hydrogen-bond acceptors (Lipinski definition) is 5. The van der Waals surface area contributed by atoms with Gasteiger partial charge in [0.15, 0.2) is 0 Å². The van der Waals surface area contributed by atoms with Crippen LogP contribution in [0.4, 0.5) is 0 Å². The molecule has 2 aromatic heterocycles. The van der Waals surface area contributed by atoms with Crippen LogP contribution in [0.3, 0.4) is 0 Å². The van der Waals surface area contributed by atoms with Crippen molar-refractivity contribution in [3.05, 3.63) is 81.7 Å². The van der Waals surface area contributed by atoms with Gasteiger partial charge in [0, 0.05) is 36.8 Å². The van der Waals surface area contributed by atoms with Gasteiger partial charge in [-0.3, -0.25) is 15.0 Å². The molecule has 36 heavy (non-hydrogen) atoms. The van der Waals surface area contributed by atoms with E-state index < -0.39 is 5.97 Å². The first-order valence-corrected chi connectivity index (χ1v) is 11.8. The van der Waals surface area contributed by atoms with Crippen LogP contribution >= 0.6 is 0 Å². The number of carboxylic acids is 1. The molecule has 0 saturated heterocycles. The lowest BCUT2D eigenvalue weighted by atomic mass is 10.0. The van der Waals surface area contributed by atoms with Crippen molar-refractivity contribution in [1.82, 2.24) is 19.1 Å². The van der Waals surface area contributed by atoms with Gasteiger partial charge < -0.3 is 20.0 Å². The highest BCUT2D eigenvalue weighted by Gasteiger charge is 2.17. The number of hydrogen-bond donors (Lipinski definition) is 3. The molecular weight excluding hydrogens is 456 g/mol. The van der Waals surface area contributed by atoms with E-state index in [1.807, 2.05) is 34.9 Å². The van der Waals surface area contributed by atoms with E-state index in [9.17, 15) is 9.59 Å². The molecule has 186 valence electrons. The van der Waals surface area contributed by atoms with E-state index in [0.717, 1.165) is 34.5 Å². The first-order valence-electron chi connectivity index (χ1n) is 11.8. The molecule has 4 rings (SSSR count). The number of carboxylic acid groups (broad SMARTS) is 1. The third-order valence-electron chi connectivity index (χ3n) is 6.17. The van der Waals surface area contributed by atoms with Crippen molar-refractivity contribution in [2.75, 3.05) is 0 Å². The van der Waals surface area contributed by atoms with E-state index in [-0.39, 0.29) is 17.8 Å². The molecule has 9 heteroatoms. The van der Waals surface area contributed by atoms with E-state index in [0.29, 0.717) is 35.7 Å². The number of amidine groups is 1. The number of nitrogens with zero attached hydrogens (tertiary/aromatic N) is 4. The number of aryl methyl sites for hydroxylation is 2. The fraction of sp³-hybridized carbons (Fsp3) is 0.296. The Kier molecular flexibility index (Phi) is 7.00. The van der Waals surface area contributed by atoms with E-state index in [2.05, 4.69) is 18.8 Å². The Morgan fingerprint density at radius 2 is 1.89 bits per heavy atom. The van der Waals surface area contributed by atoms with Crippen molar-refractivity contribution in [3.8, 4) is 11.3 Å². The zero-order chi connectivity index (χ0) is 26.0. The summed E-state index contributed by atoms with van der Waals surface area (Å²) in [6, 6.07) is 13.0. The van der Waals surface area contributed by atoms with Crippen LogP contribution in [0.2, 0.25) is 0 Å². The van der Waals surface area contributed by atoms with Crippen molar-refractivity contribution < 1.29 is 9.90 Å². The summed E-state index contributed by atoms with van der Waals surface area (Å²) in [7, 11) is 1.74. The van der Waals surface area contributed by atoms with Gasteiger partial charge in [-0.1, -0.05) is 44.2 Å². The molecule has 0 fully saturated rings. The molecule has 0 aliphatic carbocycles. The van der Waals surface area contributed by atoms with Crippen molar-refractivity contribution >= 4 is 22.8 Å². The summed E-state index contributed by atoms with van der Waals surface area (Å²) in [6.07, 6.45) is 2.84. The minimum atomic E-state index is -0.847. The topological polar surface area (TPSA) is 140 Å². The highest BCUT2D eigenvalue weighted by atomic mass is 16.4. The van der Waals surface area contributed by atoms with Crippen LogP contribution in [0, 0.1) is 11.3 Å². The average Bonchev–Trinajstić information content (AvgIpc) is 3.22. The number of rotatable bonds is 9. The fourth-order valence-corrected chi connectivity index (χ4v) is 4.31. The third kappa shape index (κ3) is 5.19. The number of nitrogens with one attached hydrogen (secondary N) is 1. The van der Waals surface area contributed by atoms with E-state index in [1.54, 1.807) is 30.1 Å². The lowest BCUT2D eigenvalue weighted by Crippen LogP contribution is -2.23. The lowest BCUT2D eigenvalue weighted by Gasteiger charge is -2.13. The van der Waals surface area contributed by atoms with Gasteiger partial charge >= 0.3 is 5.97 Å². The van der Waals surface area contributed by atoms with E-state index in [1.165, 1.54) is 0 Å². The summed E-state index contributed by atoms with van der Waals surface area (Å²) < 4.78 is 3.52. The summed E-state index contributed by atoms with van der Waals surface area (Å²) >= 11 is 0. The molecule has 0 saturated carbocycles. The number of nitrogen functional groups attached to an aromatic ring is 1. The van der Waals surface area contributed by atoms with Gasteiger partial charge in [0.05, 0.1) is 29.5 Å². The second-order valence-corrected chi connectivity index (χ2v) is 9.39. The molecule has 2 aromatic carbocycles. The Labute approximate surface area is 208 Å². The summed E-state index contributed by atoms with van der Waals surface area (Å²) in [5.74, 6) is -0.486. The SMILES string of the molecule is CC(C)Cc1c(-c2ccc3c(c2)nc(Cc2ccc(C(=N)N)cc2)c(=O)n3C)ncn1CCC(=O)O. The monoisotopic (exact) mass is 486 g/mol. The second kappa shape index (κ2) is 10.2. The quantitative estimate of drug-likeness (QED) is 0.245. The molecule has 0 atom stereocenters. The van der Waals surface area contributed by atoms with Crippen LogP contribution in [0.1, 0.15) is 42.8 Å². The maximum atomic E-state index is 13.0. The van der Waals surface area contributed by atoms with Gasteiger partial charge in [0.2, 0.25) is 0 Å². The minimum Gasteiger partial charge on any atom is -0.481 e. The molecule has 4 aromatic rings. The van der Waals surface area contributed by atoms with Crippen LogP contribution in [0.15, 0.2) is 53.6 Å². The number of imidazole rings is 1. The van der Waals surface area contributed by atoms with Crippen molar-refractivity contribution in [1.29, 1.82) is 5.41 Å². The zero-order valence-corrected chi connectivity index (χ0v) is 20.7. The third-order valence-corrected chi connectivity index (χ3v) is 6.17. The molecule has 0 aliphatic rings. The van der Waals surface area contributed by atoms with Gasteiger partial charge in [-0.05, 0) is 30.0 Å². The first-order chi connectivity index (χ1) is 17.1. The van der Waals surface area contributed by atoms with E-state index in [4.69, 9.17) is 21.2 Å². The Morgan fingerprint density at radius 1 is 1.17 bits per heavy atom. The van der Waals surface area contributed by atoms with Gasteiger partial charge in [0.1, 0.15) is 11.5 Å². The second-order valence-electron chi connectivity index (χ2n) is 9.39. The smallest absolute Gasteiger partial charge is 0.305 e. The molecule has 0 unspecified atom stereocenters.